The molecule has 31 valence electrons. The van der Waals surface area contributed by atoms with Gasteiger partial charge in [-0.3, -0.25) is 0 Å². The van der Waals surface area contributed by atoms with Crippen molar-refractivity contribution in [2.24, 2.45) is 4.99 Å². The fraction of sp³-hybridized carbons (Fsp3) is 0.250. The standard InChI is InChI=1S/C4H5N2/c1-2-3-6-4-5/h3H,1-2H2. The molecular formula is C4H5N2. The number of rotatable bonds is 1. The van der Waals surface area contributed by atoms with Crippen molar-refractivity contribution in [2.45, 2.75) is 6.42 Å². The minimum Gasteiger partial charge on any atom is -0.186 e. The zero-order valence-electron chi connectivity index (χ0n) is 3.39. The molecule has 0 aromatic heterocycles. The summed E-state index contributed by atoms with van der Waals surface area (Å²) < 4.78 is 0. The van der Waals surface area contributed by atoms with E-state index in [9.17, 15) is 0 Å². The van der Waals surface area contributed by atoms with Crippen molar-refractivity contribution >= 4 is 6.21 Å². The van der Waals surface area contributed by atoms with Crippen molar-refractivity contribution in [2.75, 3.05) is 0 Å². The van der Waals surface area contributed by atoms with Crippen LogP contribution in [-0.4, -0.2) is 6.21 Å². The molecule has 0 spiro atoms. The molecule has 2 heteroatoms. The van der Waals surface area contributed by atoms with E-state index in [1.807, 2.05) is 0 Å². The zero-order chi connectivity index (χ0) is 4.83. The highest BCUT2D eigenvalue weighted by molar-refractivity contribution is 5.58. The zero-order valence-corrected chi connectivity index (χ0v) is 3.39. The van der Waals surface area contributed by atoms with E-state index in [0.717, 1.165) is 0 Å². The molecule has 0 aliphatic heterocycles. The molecule has 0 aliphatic rings. The summed E-state index contributed by atoms with van der Waals surface area (Å²) in [5.74, 6) is 0. The van der Waals surface area contributed by atoms with Gasteiger partial charge in [-0.05, 0) is 13.3 Å². The molecule has 0 unspecified atom stereocenters. The molecule has 0 aromatic carbocycles. The summed E-state index contributed by atoms with van der Waals surface area (Å²) in [6, 6.07) is 0. The van der Waals surface area contributed by atoms with Crippen molar-refractivity contribution in [3.63, 3.8) is 0 Å². The maximum absolute atomic E-state index is 7.72. The Kier molecular flexibility index (Phi) is 3.58. The first-order valence-corrected chi connectivity index (χ1v) is 1.61. The first kappa shape index (κ1) is 5.16. The second-order valence-electron chi connectivity index (χ2n) is 0.700. The molecule has 0 saturated carbocycles. The summed E-state index contributed by atoms with van der Waals surface area (Å²) in [7, 11) is 0. The van der Waals surface area contributed by atoms with Crippen LogP contribution in [0, 0.1) is 18.4 Å². The number of hydrogen-bond donors (Lipinski definition) is 0. The SMILES string of the molecule is [CH2]CC=NC#N. The van der Waals surface area contributed by atoms with Gasteiger partial charge < -0.3 is 0 Å². The molecule has 0 aromatic rings. The Morgan fingerprint density at radius 1 is 2.00 bits per heavy atom. The molecule has 0 N–H and O–H groups in total. The summed E-state index contributed by atoms with van der Waals surface area (Å²) in [5.41, 5.74) is 0. The third-order valence-corrected chi connectivity index (χ3v) is 0.278. The number of aliphatic imine (C=N–C) groups is 1. The topological polar surface area (TPSA) is 36.1 Å². The fourth-order valence-corrected chi connectivity index (χ4v) is 0.105. The predicted molar refractivity (Wildman–Crippen MR) is 24.1 cm³/mol. The molecule has 0 amide bonds. The Bertz CT molecular complexity index is 78.0. The van der Waals surface area contributed by atoms with Crippen LogP contribution in [0.5, 0.6) is 0 Å². The van der Waals surface area contributed by atoms with Crippen molar-refractivity contribution in [3.8, 4) is 6.19 Å². The molecule has 6 heavy (non-hydrogen) atoms. The number of nitrogens with zero attached hydrogens (tertiary/aromatic N) is 2. The van der Waals surface area contributed by atoms with Gasteiger partial charge in [-0.1, -0.05) is 0 Å². The lowest BCUT2D eigenvalue weighted by Crippen LogP contribution is -1.61. The van der Waals surface area contributed by atoms with E-state index in [4.69, 9.17) is 5.26 Å². The van der Waals surface area contributed by atoms with Gasteiger partial charge in [0.25, 0.3) is 0 Å². The minimum absolute atomic E-state index is 0.591. The lowest BCUT2D eigenvalue weighted by Gasteiger charge is -1.62. The predicted octanol–water partition coefficient (Wildman–Crippen LogP) is 0.762. The van der Waals surface area contributed by atoms with E-state index in [-0.39, 0.29) is 0 Å². The summed E-state index contributed by atoms with van der Waals surface area (Å²) in [6.07, 6.45) is 3.65. The van der Waals surface area contributed by atoms with Crippen molar-refractivity contribution < 1.29 is 0 Å². The average molecular weight is 81.1 g/mol. The second-order valence-corrected chi connectivity index (χ2v) is 0.700. The first-order valence-electron chi connectivity index (χ1n) is 1.61. The first-order chi connectivity index (χ1) is 2.91. The van der Waals surface area contributed by atoms with Gasteiger partial charge in [0.05, 0.1) is 0 Å². The van der Waals surface area contributed by atoms with Gasteiger partial charge in [0.2, 0.25) is 6.19 Å². The molecule has 0 fully saturated rings. The van der Waals surface area contributed by atoms with Crippen molar-refractivity contribution in [1.82, 2.24) is 0 Å². The summed E-state index contributed by atoms with van der Waals surface area (Å²) in [5, 5.41) is 7.72. The van der Waals surface area contributed by atoms with Crippen LogP contribution in [-0.2, 0) is 0 Å². The Hall–Kier alpha value is -0.840. The molecule has 0 rings (SSSR count). The van der Waals surface area contributed by atoms with E-state index < -0.39 is 0 Å². The summed E-state index contributed by atoms with van der Waals surface area (Å²) >= 11 is 0. The average Bonchev–Trinajstić information content (AvgIpc) is 1.61. The largest absolute Gasteiger partial charge is 0.205 e. The van der Waals surface area contributed by atoms with E-state index in [1.165, 1.54) is 6.21 Å². The molecule has 0 aliphatic carbocycles. The van der Waals surface area contributed by atoms with E-state index >= 15 is 0 Å². The molecule has 0 heterocycles. The van der Waals surface area contributed by atoms with Gasteiger partial charge in [0.15, 0.2) is 0 Å². The van der Waals surface area contributed by atoms with Gasteiger partial charge in [0.1, 0.15) is 0 Å². The highest BCUT2D eigenvalue weighted by Gasteiger charge is 1.58. The van der Waals surface area contributed by atoms with Crippen LogP contribution >= 0.6 is 0 Å². The third kappa shape index (κ3) is 3.16. The van der Waals surface area contributed by atoms with Gasteiger partial charge >= 0.3 is 0 Å². The van der Waals surface area contributed by atoms with Crippen LogP contribution in [0.1, 0.15) is 6.42 Å². The van der Waals surface area contributed by atoms with Crippen LogP contribution < -0.4 is 0 Å². The molecular weight excluding hydrogens is 76.1 g/mol. The van der Waals surface area contributed by atoms with E-state index in [0.29, 0.717) is 6.42 Å². The van der Waals surface area contributed by atoms with Crippen LogP contribution in [0.15, 0.2) is 4.99 Å². The molecule has 1 radical (unpaired) electrons. The monoisotopic (exact) mass is 81.0 g/mol. The normalized spacial score (nSPS) is 8.67. The Morgan fingerprint density at radius 3 is 2.83 bits per heavy atom. The fourth-order valence-electron chi connectivity index (χ4n) is 0.105. The van der Waals surface area contributed by atoms with Gasteiger partial charge in [-0.2, -0.15) is 10.3 Å². The summed E-state index contributed by atoms with van der Waals surface area (Å²) in [4.78, 5) is 3.21. The smallest absolute Gasteiger partial charge is 0.186 e. The maximum Gasteiger partial charge on any atom is 0.205 e. The second kappa shape index (κ2) is 4.16. The molecule has 2 nitrogen and oxygen atoms in total. The summed E-state index contributed by atoms with van der Waals surface area (Å²) in [6.45, 7) is 3.42. The lowest BCUT2D eigenvalue weighted by atomic mass is 10.5. The van der Waals surface area contributed by atoms with Crippen LogP contribution in [0.25, 0.3) is 0 Å². The van der Waals surface area contributed by atoms with Crippen LogP contribution in [0.3, 0.4) is 0 Å². The maximum atomic E-state index is 7.72. The van der Waals surface area contributed by atoms with E-state index in [1.54, 1.807) is 6.19 Å². The molecule has 0 saturated heterocycles. The highest BCUT2D eigenvalue weighted by Crippen LogP contribution is 1.62. The molecule has 0 atom stereocenters. The van der Waals surface area contributed by atoms with Crippen LogP contribution in [0.4, 0.5) is 0 Å². The van der Waals surface area contributed by atoms with Crippen molar-refractivity contribution in [3.05, 3.63) is 6.92 Å². The molecule has 0 bridgehead atoms. The Labute approximate surface area is 37.1 Å². The highest BCUT2D eigenvalue weighted by atomic mass is 14.7. The van der Waals surface area contributed by atoms with Crippen LogP contribution in [0.2, 0.25) is 0 Å². The number of nitriles is 1. The Morgan fingerprint density at radius 2 is 2.67 bits per heavy atom. The third-order valence-electron chi connectivity index (χ3n) is 0.278. The van der Waals surface area contributed by atoms with Gasteiger partial charge in [-0.15, -0.1) is 0 Å². The quantitative estimate of drug-likeness (QED) is 0.339. The van der Waals surface area contributed by atoms with Crippen molar-refractivity contribution in [1.29, 1.82) is 5.26 Å². The van der Waals surface area contributed by atoms with E-state index in [2.05, 4.69) is 11.9 Å². The minimum atomic E-state index is 0.591. The van der Waals surface area contributed by atoms with Gasteiger partial charge in [-0.25, -0.2) is 0 Å². The lowest BCUT2D eigenvalue weighted by molar-refractivity contribution is 1.42. The number of hydrogen-bond acceptors (Lipinski definition) is 2. The Balaban J connectivity index is 3.02. The van der Waals surface area contributed by atoms with Gasteiger partial charge in [0, 0.05) is 6.21 Å².